The summed E-state index contributed by atoms with van der Waals surface area (Å²) in [6.07, 6.45) is 3.63. The molecule has 6 rings (SSSR count). The minimum atomic E-state index is -0.168. The predicted octanol–water partition coefficient (Wildman–Crippen LogP) is 4.30. The van der Waals surface area contributed by atoms with E-state index < -0.39 is 0 Å². The average Bonchev–Trinajstić information content (AvgIpc) is 3.37. The zero-order valence-corrected chi connectivity index (χ0v) is 17.0. The third kappa shape index (κ3) is 2.82. The van der Waals surface area contributed by atoms with Gasteiger partial charge in [-0.05, 0) is 68.9 Å². The summed E-state index contributed by atoms with van der Waals surface area (Å²) >= 11 is 0. The SMILES string of the molecule is Cc1cccc(-c2nc3n(c2-c2ccc4c(c2)OCO4)CC[C@H]2C[C@H](O)CCC32)n1. The Bertz CT molecular complexity index is 1120. The molecule has 30 heavy (non-hydrogen) atoms. The molecule has 2 aliphatic heterocycles. The number of nitrogens with zero attached hydrogens (tertiary/aromatic N) is 3. The van der Waals surface area contributed by atoms with Gasteiger partial charge in [0, 0.05) is 23.7 Å². The fourth-order valence-corrected chi connectivity index (χ4v) is 5.36. The lowest BCUT2D eigenvalue weighted by Crippen LogP contribution is -2.32. The summed E-state index contributed by atoms with van der Waals surface area (Å²) in [6.45, 7) is 3.19. The van der Waals surface area contributed by atoms with E-state index in [1.807, 2.05) is 31.2 Å². The standard InChI is InChI=1S/C24H25N3O3/c1-14-3-2-4-19(25-14)22-23(16-5-8-20-21(12-16)30-13-29-20)27-10-9-15-11-17(28)6-7-18(15)24(27)26-22/h2-5,8,12,15,17-18,28H,6-7,9-11,13H2,1H3/t15-,17+,18?/m0/s1. The molecule has 6 heteroatoms. The first-order valence-electron chi connectivity index (χ1n) is 10.8. The Balaban J connectivity index is 1.54. The third-order valence-corrected chi connectivity index (χ3v) is 6.78. The first kappa shape index (κ1) is 18.0. The van der Waals surface area contributed by atoms with Crippen LogP contribution >= 0.6 is 0 Å². The van der Waals surface area contributed by atoms with E-state index in [0.717, 1.165) is 77.9 Å². The van der Waals surface area contributed by atoms with Crippen LogP contribution in [0.1, 0.15) is 43.1 Å². The number of aliphatic hydroxyl groups excluding tert-OH is 1. The molecule has 1 aromatic carbocycles. The fourth-order valence-electron chi connectivity index (χ4n) is 5.36. The van der Waals surface area contributed by atoms with Crippen LogP contribution in [0.3, 0.4) is 0 Å². The third-order valence-electron chi connectivity index (χ3n) is 6.78. The van der Waals surface area contributed by atoms with Crippen molar-refractivity contribution in [1.82, 2.24) is 14.5 Å². The molecule has 1 saturated carbocycles. The van der Waals surface area contributed by atoms with E-state index in [0.29, 0.717) is 11.8 Å². The van der Waals surface area contributed by atoms with Crippen LogP contribution in [-0.2, 0) is 6.54 Å². The molecule has 1 unspecified atom stereocenters. The van der Waals surface area contributed by atoms with Crippen LogP contribution in [0.5, 0.6) is 11.5 Å². The average molecular weight is 403 g/mol. The van der Waals surface area contributed by atoms with Crippen molar-refractivity contribution in [3.05, 3.63) is 47.9 Å². The van der Waals surface area contributed by atoms with Crippen molar-refractivity contribution in [2.24, 2.45) is 5.92 Å². The van der Waals surface area contributed by atoms with E-state index in [9.17, 15) is 5.11 Å². The molecule has 3 aromatic rings. The molecule has 6 nitrogen and oxygen atoms in total. The van der Waals surface area contributed by atoms with E-state index in [-0.39, 0.29) is 12.9 Å². The number of ether oxygens (including phenoxy) is 2. The zero-order chi connectivity index (χ0) is 20.2. The van der Waals surface area contributed by atoms with Gasteiger partial charge in [-0.1, -0.05) is 6.07 Å². The summed E-state index contributed by atoms with van der Waals surface area (Å²) in [4.78, 5) is 9.98. The molecule has 0 spiro atoms. The number of benzene rings is 1. The van der Waals surface area contributed by atoms with Crippen LogP contribution in [0.15, 0.2) is 36.4 Å². The molecule has 3 atom stereocenters. The van der Waals surface area contributed by atoms with E-state index in [1.165, 1.54) is 0 Å². The summed E-state index contributed by atoms with van der Waals surface area (Å²) in [5.74, 6) is 3.61. The Morgan fingerprint density at radius 3 is 2.83 bits per heavy atom. The maximum atomic E-state index is 10.2. The second-order valence-electron chi connectivity index (χ2n) is 8.67. The lowest BCUT2D eigenvalue weighted by Gasteiger charge is -2.38. The van der Waals surface area contributed by atoms with Gasteiger partial charge in [0.2, 0.25) is 6.79 Å². The molecule has 1 aliphatic carbocycles. The van der Waals surface area contributed by atoms with E-state index in [2.05, 4.69) is 16.7 Å². The van der Waals surface area contributed by atoms with Crippen LogP contribution in [0, 0.1) is 12.8 Å². The van der Waals surface area contributed by atoms with Crippen LogP contribution in [0.2, 0.25) is 0 Å². The molecule has 2 aromatic heterocycles. The summed E-state index contributed by atoms with van der Waals surface area (Å²) in [5.41, 5.74) is 4.99. The van der Waals surface area contributed by atoms with Crippen molar-refractivity contribution < 1.29 is 14.6 Å². The first-order chi connectivity index (χ1) is 14.7. The normalized spacial score (nSPS) is 24.4. The molecule has 0 amide bonds. The highest BCUT2D eigenvalue weighted by molar-refractivity contribution is 5.79. The maximum Gasteiger partial charge on any atom is 0.231 e. The Morgan fingerprint density at radius 1 is 1.03 bits per heavy atom. The number of imidazole rings is 1. The molecule has 1 fully saturated rings. The molecule has 0 bridgehead atoms. The monoisotopic (exact) mass is 403 g/mol. The molecular formula is C24H25N3O3. The minimum absolute atomic E-state index is 0.168. The smallest absolute Gasteiger partial charge is 0.231 e. The van der Waals surface area contributed by atoms with Crippen LogP contribution in [0.4, 0.5) is 0 Å². The number of hydrogen-bond donors (Lipinski definition) is 1. The van der Waals surface area contributed by atoms with Gasteiger partial charge in [0.25, 0.3) is 0 Å². The van der Waals surface area contributed by atoms with E-state index >= 15 is 0 Å². The summed E-state index contributed by atoms with van der Waals surface area (Å²) in [6, 6.07) is 12.2. The zero-order valence-electron chi connectivity index (χ0n) is 17.0. The number of rotatable bonds is 2. The van der Waals surface area contributed by atoms with Crippen molar-refractivity contribution in [1.29, 1.82) is 0 Å². The fraction of sp³-hybridized carbons (Fsp3) is 0.417. The lowest BCUT2D eigenvalue weighted by molar-refractivity contribution is 0.0750. The summed E-state index contributed by atoms with van der Waals surface area (Å²) < 4.78 is 13.5. The molecule has 3 aliphatic rings. The Kier molecular flexibility index (Phi) is 4.09. The maximum absolute atomic E-state index is 10.2. The minimum Gasteiger partial charge on any atom is -0.454 e. The summed E-state index contributed by atoms with van der Waals surface area (Å²) in [5, 5.41) is 10.2. The van der Waals surface area contributed by atoms with Gasteiger partial charge in [-0.25, -0.2) is 4.98 Å². The van der Waals surface area contributed by atoms with Gasteiger partial charge in [-0.15, -0.1) is 0 Å². The molecule has 154 valence electrons. The number of fused-ring (bicyclic) bond motifs is 4. The van der Waals surface area contributed by atoms with Gasteiger partial charge in [-0.3, -0.25) is 4.98 Å². The highest BCUT2D eigenvalue weighted by atomic mass is 16.7. The van der Waals surface area contributed by atoms with Gasteiger partial charge >= 0.3 is 0 Å². The van der Waals surface area contributed by atoms with Crippen molar-refractivity contribution in [2.75, 3.05) is 6.79 Å². The van der Waals surface area contributed by atoms with Crippen molar-refractivity contribution in [2.45, 2.75) is 51.2 Å². The molecular weight excluding hydrogens is 378 g/mol. The second kappa shape index (κ2) is 6.84. The quantitative estimate of drug-likeness (QED) is 0.691. The Morgan fingerprint density at radius 2 is 1.93 bits per heavy atom. The first-order valence-corrected chi connectivity index (χ1v) is 10.8. The number of aryl methyl sites for hydroxylation is 1. The van der Waals surface area contributed by atoms with Crippen molar-refractivity contribution in [3.8, 4) is 34.1 Å². The lowest BCUT2D eigenvalue weighted by atomic mass is 9.74. The van der Waals surface area contributed by atoms with E-state index in [1.54, 1.807) is 0 Å². The van der Waals surface area contributed by atoms with Crippen LogP contribution in [-0.4, -0.2) is 32.5 Å². The summed E-state index contributed by atoms with van der Waals surface area (Å²) in [7, 11) is 0. The van der Waals surface area contributed by atoms with Gasteiger partial charge in [0.05, 0.1) is 17.5 Å². The molecule has 4 heterocycles. The van der Waals surface area contributed by atoms with Gasteiger partial charge in [0.1, 0.15) is 11.5 Å². The Labute approximate surface area is 175 Å². The van der Waals surface area contributed by atoms with Crippen molar-refractivity contribution in [3.63, 3.8) is 0 Å². The van der Waals surface area contributed by atoms with Crippen LogP contribution in [0.25, 0.3) is 22.6 Å². The number of aromatic nitrogens is 3. The number of hydrogen-bond acceptors (Lipinski definition) is 5. The predicted molar refractivity (Wildman–Crippen MR) is 112 cm³/mol. The highest BCUT2D eigenvalue weighted by Gasteiger charge is 2.38. The highest BCUT2D eigenvalue weighted by Crippen LogP contribution is 2.47. The van der Waals surface area contributed by atoms with Gasteiger partial charge in [0.15, 0.2) is 11.5 Å². The molecule has 1 N–H and O–H groups in total. The van der Waals surface area contributed by atoms with Crippen molar-refractivity contribution >= 4 is 0 Å². The topological polar surface area (TPSA) is 69.4 Å². The van der Waals surface area contributed by atoms with Gasteiger partial charge < -0.3 is 19.1 Å². The Hall–Kier alpha value is -2.86. The molecule has 0 radical (unpaired) electrons. The number of aliphatic hydroxyl groups is 1. The van der Waals surface area contributed by atoms with Gasteiger partial charge in [-0.2, -0.15) is 0 Å². The number of pyridine rings is 1. The van der Waals surface area contributed by atoms with Crippen LogP contribution < -0.4 is 9.47 Å². The van der Waals surface area contributed by atoms with E-state index in [4.69, 9.17) is 19.4 Å². The molecule has 0 saturated heterocycles. The second-order valence-corrected chi connectivity index (χ2v) is 8.67. The largest absolute Gasteiger partial charge is 0.454 e.